The summed E-state index contributed by atoms with van der Waals surface area (Å²) in [5.41, 5.74) is 2.57. The number of rotatable bonds is 5. The average molecular weight is 371 g/mol. The van der Waals surface area contributed by atoms with Gasteiger partial charge in [-0.2, -0.15) is 0 Å². The molecular formula is C21H27ClN4. The van der Waals surface area contributed by atoms with E-state index in [2.05, 4.69) is 27.4 Å². The minimum Gasteiger partial charge on any atom is -0.347 e. The Kier molecular flexibility index (Phi) is 5.14. The minimum absolute atomic E-state index is 0.537. The van der Waals surface area contributed by atoms with Crippen LogP contribution in [0.25, 0.3) is 0 Å². The smallest absolute Gasteiger partial charge is 0.224 e. The third-order valence-electron chi connectivity index (χ3n) is 6.07. The second kappa shape index (κ2) is 7.53. The zero-order valence-corrected chi connectivity index (χ0v) is 16.3. The van der Waals surface area contributed by atoms with Gasteiger partial charge in [-0.25, -0.2) is 9.97 Å². The highest BCUT2D eigenvalue weighted by molar-refractivity contribution is 6.30. The predicted molar refractivity (Wildman–Crippen MR) is 107 cm³/mol. The molecule has 1 heterocycles. The second-order valence-corrected chi connectivity index (χ2v) is 8.32. The first-order valence-electron chi connectivity index (χ1n) is 9.60. The first-order valence-corrected chi connectivity index (χ1v) is 9.98. The Labute approximate surface area is 161 Å². The van der Waals surface area contributed by atoms with Crippen molar-refractivity contribution in [1.82, 2.24) is 15.3 Å². The lowest BCUT2D eigenvalue weighted by atomic mass is 9.53. The Morgan fingerprint density at radius 3 is 2.35 bits per heavy atom. The quantitative estimate of drug-likeness (QED) is 0.853. The van der Waals surface area contributed by atoms with Gasteiger partial charge in [0, 0.05) is 55.6 Å². The van der Waals surface area contributed by atoms with E-state index in [1.54, 1.807) is 0 Å². The lowest BCUT2D eigenvalue weighted by Crippen LogP contribution is -2.57. The average Bonchev–Trinajstić information content (AvgIpc) is 2.65. The van der Waals surface area contributed by atoms with E-state index in [-0.39, 0.29) is 0 Å². The van der Waals surface area contributed by atoms with E-state index in [1.165, 1.54) is 31.2 Å². The van der Waals surface area contributed by atoms with Gasteiger partial charge in [0.2, 0.25) is 5.95 Å². The SMILES string of the molecule is CN(C)c1ncc(CN[C@H]2[C@@H]3CCCC[C@@H]3[C@@H]2c2ccc(Cl)cc2)cn1. The van der Waals surface area contributed by atoms with Gasteiger partial charge >= 0.3 is 0 Å². The number of hydrogen-bond acceptors (Lipinski definition) is 4. The molecule has 0 amide bonds. The number of benzene rings is 1. The molecular weight excluding hydrogens is 344 g/mol. The molecule has 1 N–H and O–H groups in total. The fourth-order valence-corrected chi connectivity index (χ4v) is 4.92. The van der Waals surface area contributed by atoms with Gasteiger partial charge in [-0.15, -0.1) is 0 Å². The fourth-order valence-electron chi connectivity index (χ4n) is 4.79. The molecule has 1 aromatic heterocycles. The van der Waals surface area contributed by atoms with Crippen LogP contribution in [0.15, 0.2) is 36.7 Å². The maximum absolute atomic E-state index is 6.09. The van der Waals surface area contributed by atoms with Crippen LogP contribution >= 0.6 is 11.6 Å². The van der Waals surface area contributed by atoms with Gasteiger partial charge in [0.15, 0.2) is 0 Å². The molecule has 2 saturated carbocycles. The van der Waals surface area contributed by atoms with Crippen molar-refractivity contribution in [3.8, 4) is 0 Å². The van der Waals surface area contributed by atoms with Gasteiger partial charge in [0.05, 0.1) is 0 Å². The largest absolute Gasteiger partial charge is 0.347 e. The molecule has 0 aliphatic heterocycles. The van der Waals surface area contributed by atoms with Crippen LogP contribution in [-0.2, 0) is 6.54 Å². The molecule has 2 aromatic rings. The highest BCUT2D eigenvalue weighted by Crippen LogP contribution is 2.54. The molecule has 0 spiro atoms. The summed E-state index contributed by atoms with van der Waals surface area (Å²) >= 11 is 6.09. The van der Waals surface area contributed by atoms with Crippen LogP contribution < -0.4 is 10.2 Å². The zero-order valence-electron chi connectivity index (χ0n) is 15.5. The van der Waals surface area contributed by atoms with Crippen LogP contribution in [0.4, 0.5) is 5.95 Å². The van der Waals surface area contributed by atoms with Gasteiger partial charge in [-0.05, 0) is 42.4 Å². The van der Waals surface area contributed by atoms with Crippen molar-refractivity contribution in [2.24, 2.45) is 11.8 Å². The van der Waals surface area contributed by atoms with Crippen molar-refractivity contribution in [2.75, 3.05) is 19.0 Å². The van der Waals surface area contributed by atoms with E-state index in [9.17, 15) is 0 Å². The standard InChI is InChI=1S/C21H27ClN4/c1-26(2)21-24-12-14(13-25-21)11-23-20-18-6-4-3-5-17(18)19(20)15-7-9-16(22)10-8-15/h7-10,12-13,17-20,23H,3-6,11H2,1-2H3/t17-,18+,19-,20-/m0/s1. The molecule has 0 bridgehead atoms. The summed E-state index contributed by atoms with van der Waals surface area (Å²) in [7, 11) is 3.92. The predicted octanol–water partition coefficient (Wildman–Crippen LogP) is 4.26. The molecule has 4 atom stereocenters. The second-order valence-electron chi connectivity index (χ2n) is 7.88. The Morgan fingerprint density at radius 1 is 1.04 bits per heavy atom. The van der Waals surface area contributed by atoms with E-state index in [0.29, 0.717) is 12.0 Å². The monoisotopic (exact) mass is 370 g/mol. The molecule has 2 fully saturated rings. The Balaban J connectivity index is 1.46. The van der Waals surface area contributed by atoms with Crippen LogP contribution in [0.5, 0.6) is 0 Å². The third kappa shape index (κ3) is 3.45. The lowest BCUT2D eigenvalue weighted by Gasteiger charge is -2.55. The van der Waals surface area contributed by atoms with Gasteiger partial charge in [-0.1, -0.05) is 36.6 Å². The van der Waals surface area contributed by atoms with E-state index < -0.39 is 0 Å². The van der Waals surface area contributed by atoms with Crippen molar-refractivity contribution in [3.05, 3.63) is 52.8 Å². The van der Waals surface area contributed by atoms with Crippen molar-refractivity contribution < 1.29 is 0 Å². The Bertz CT molecular complexity index is 729. The van der Waals surface area contributed by atoms with Crippen molar-refractivity contribution >= 4 is 17.5 Å². The highest BCUT2D eigenvalue weighted by Gasteiger charge is 2.50. The summed E-state index contributed by atoms with van der Waals surface area (Å²) < 4.78 is 0. The van der Waals surface area contributed by atoms with E-state index in [1.807, 2.05) is 43.5 Å². The van der Waals surface area contributed by atoms with Crippen molar-refractivity contribution in [3.63, 3.8) is 0 Å². The number of nitrogens with zero attached hydrogens (tertiary/aromatic N) is 3. The van der Waals surface area contributed by atoms with Crippen LogP contribution in [0.1, 0.15) is 42.7 Å². The van der Waals surface area contributed by atoms with Crippen LogP contribution in [0.3, 0.4) is 0 Å². The normalized spacial score (nSPS) is 27.5. The van der Waals surface area contributed by atoms with Gasteiger partial charge < -0.3 is 10.2 Å². The molecule has 4 nitrogen and oxygen atoms in total. The molecule has 0 radical (unpaired) electrons. The molecule has 1 aromatic carbocycles. The van der Waals surface area contributed by atoms with E-state index in [0.717, 1.165) is 34.9 Å². The third-order valence-corrected chi connectivity index (χ3v) is 6.32. The number of fused-ring (bicyclic) bond motifs is 1. The first kappa shape index (κ1) is 17.7. The van der Waals surface area contributed by atoms with Crippen molar-refractivity contribution in [2.45, 2.75) is 44.2 Å². The summed E-state index contributed by atoms with van der Waals surface area (Å²) in [5.74, 6) is 2.96. The maximum atomic E-state index is 6.09. The number of anilines is 1. The van der Waals surface area contributed by atoms with E-state index >= 15 is 0 Å². The fraction of sp³-hybridized carbons (Fsp3) is 0.524. The van der Waals surface area contributed by atoms with Gasteiger partial charge in [-0.3, -0.25) is 0 Å². The molecule has 2 aliphatic rings. The first-order chi connectivity index (χ1) is 12.6. The maximum Gasteiger partial charge on any atom is 0.224 e. The molecule has 5 heteroatoms. The number of nitrogens with one attached hydrogen (secondary N) is 1. The summed E-state index contributed by atoms with van der Waals surface area (Å²) in [6.45, 7) is 0.825. The summed E-state index contributed by atoms with van der Waals surface area (Å²) in [6.07, 6.45) is 9.32. The van der Waals surface area contributed by atoms with E-state index in [4.69, 9.17) is 11.6 Å². The lowest BCUT2D eigenvalue weighted by molar-refractivity contribution is 0.0254. The summed E-state index contributed by atoms with van der Waals surface area (Å²) in [5, 5.41) is 4.64. The van der Waals surface area contributed by atoms with Crippen LogP contribution in [0.2, 0.25) is 5.02 Å². The van der Waals surface area contributed by atoms with Crippen LogP contribution in [0, 0.1) is 11.8 Å². The number of hydrogen-bond donors (Lipinski definition) is 1. The highest BCUT2D eigenvalue weighted by atomic mass is 35.5. The molecule has 138 valence electrons. The molecule has 0 unspecified atom stereocenters. The topological polar surface area (TPSA) is 41.1 Å². The molecule has 26 heavy (non-hydrogen) atoms. The summed E-state index contributed by atoms with van der Waals surface area (Å²) in [4.78, 5) is 10.8. The molecule has 4 rings (SSSR count). The Hall–Kier alpha value is -1.65. The molecule has 2 aliphatic carbocycles. The summed E-state index contributed by atoms with van der Waals surface area (Å²) in [6, 6.07) is 9.01. The van der Waals surface area contributed by atoms with Crippen LogP contribution in [-0.4, -0.2) is 30.1 Å². The van der Waals surface area contributed by atoms with Crippen molar-refractivity contribution in [1.29, 1.82) is 0 Å². The van der Waals surface area contributed by atoms with Gasteiger partial charge in [0.25, 0.3) is 0 Å². The number of halogens is 1. The minimum atomic E-state index is 0.537. The Morgan fingerprint density at radius 2 is 1.69 bits per heavy atom. The molecule has 0 saturated heterocycles. The zero-order chi connectivity index (χ0) is 18.1. The number of aromatic nitrogens is 2. The van der Waals surface area contributed by atoms with Gasteiger partial charge in [0.1, 0.15) is 0 Å².